The first-order valence-electron chi connectivity index (χ1n) is 7.52. The second-order valence-electron chi connectivity index (χ2n) is 5.71. The maximum absolute atomic E-state index is 10.4. The molecule has 0 saturated carbocycles. The molecule has 1 N–H and O–H groups in total. The molecule has 21 heavy (non-hydrogen) atoms. The normalized spacial score (nSPS) is 19.0. The quantitative estimate of drug-likeness (QED) is 0.919. The van der Waals surface area contributed by atoms with Crippen LogP contribution in [0.1, 0.15) is 29.6 Å². The first-order valence-corrected chi connectivity index (χ1v) is 8.40. The Morgan fingerprint density at radius 1 is 1.38 bits per heavy atom. The Kier molecular flexibility index (Phi) is 4.67. The van der Waals surface area contributed by atoms with Crippen molar-refractivity contribution in [1.29, 1.82) is 0 Å². The van der Waals surface area contributed by atoms with Gasteiger partial charge < -0.3 is 14.6 Å². The van der Waals surface area contributed by atoms with Gasteiger partial charge in [-0.15, -0.1) is 21.5 Å². The first kappa shape index (κ1) is 14.7. The Hall–Kier alpha value is -1.24. The highest BCUT2D eigenvalue weighted by atomic mass is 32.1. The van der Waals surface area contributed by atoms with Crippen molar-refractivity contribution < 1.29 is 5.11 Å². The van der Waals surface area contributed by atoms with Gasteiger partial charge in [-0.3, -0.25) is 0 Å². The summed E-state index contributed by atoms with van der Waals surface area (Å²) in [6, 6.07) is 4.05. The minimum atomic E-state index is -0.285. The van der Waals surface area contributed by atoms with Crippen LogP contribution in [0.4, 0.5) is 0 Å². The van der Waals surface area contributed by atoms with Crippen molar-refractivity contribution in [2.75, 3.05) is 19.6 Å². The lowest BCUT2D eigenvalue weighted by molar-refractivity contribution is 0.0602. The number of piperidine rings is 1. The van der Waals surface area contributed by atoms with E-state index in [4.69, 9.17) is 0 Å². The van der Waals surface area contributed by atoms with Gasteiger partial charge in [0.05, 0.1) is 6.10 Å². The lowest BCUT2D eigenvalue weighted by atomic mass is 9.90. The number of aliphatic hydroxyl groups is 1. The third-order valence-corrected chi connectivity index (χ3v) is 5.32. The molecule has 1 atom stereocenters. The van der Waals surface area contributed by atoms with Crippen molar-refractivity contribution in [2.24, 2.45) is 5.92 Å². The van der Waals surface area contributed by atoms with Gasteiger partial charge in [0.2, 0.25) is 0 Å². The van der Waals surface area contributed by atoms with Gasteiger partial charge in [0.1, 0.15) is 12.2 Å². The minimum absolute atomic E-state index is 0.285. The van der Waals surface area contributed by atoms with E-state index in [1.54, 1.807) is 17.7 Å². The maximum atomic E-state index is 10.4. The van der Waals surface area contributed by atoms with Crippen LogP contribution in [0.2, 0.25) is 0 Å². The van der Waals surface area contributed by atoms with E-state index in [0.717, 1.165) is 49.7 Å². The summed E-state index contributed by atoms with van der Waals surface area (Å²) in [5.41, 5.74) is 0. The number of hydrogen-bond donors (Lipinski definition) is 1. The van der Waals surface area contributed by atoms with Gasteiger partial charge in [-0.25, -0.2) is 0 Å². The topological polar surface area (TPSA) is 54.2 Å². The van der Waals surface area contributed by atoms with Crippen LogP contribution in [0.25, 0.3) is 0 Å². The zero-order valence-corrected chi connectivity index (χ0v) is 13.2. The van der Waals surface area contributed by atoms with Crippen LogP contribution < -0.4 is 0 Å². The smallest absolute Gasteiger partial charge is 0.129 e. The monoisotopic (exact) mass is 306 g/mol. The summed E-state index contributed by atoms with van der Waals surface area (Å²) in [6.45, 7) is 6.08. The molecule has 1 aliphatic rings. The van der Waals surface area contributed by atoms with E-state index < -0.39 is 0 Å². The molecule has 3 rings (SSSR count). The van der Waals surface area contributed by atoms with Crippen molar-refractivity contribution in [3.63, 3.8) is 0 Å². The summed E-state index contributed by atoms with van der Waals surface area (Å²) >= 11 is 1.65. The molecular weight excluding hydrogens is 284 g/mol. The van der Waals surface area contributed by atoms with Crippen LogP contribution >= 0.6 is 11.3 Å². The predicted molar refractivity (Wildman–Crippen MR) is 83.2 cm³/mol. The van der Waals surface area contributed by atoms with Gasteiger partial charge in [-0.1, -0.05) is 6.07 Å². The molecule has 0 radical (unpaired) electrons. The molecule has 0 aromatic carbocycles. The molecule has 5 nitrogen and oxygen atoms in total. The summed E-state index contributed by atoms with van der Waals surface area (Å²) in [5, 5.41) is 20.4. The number of aryl methyl sites for hydroxylation is 1. The van der Waals surface area contributed by atoms with E-state index in [9.17, 15) is 5.11 Å². The summed E-state index contributed by atoms with van der Waals surface area (Å²) < 4.78 is 2.09. The highest BCUT2D eigenvalue weighted by Crippen LogP contribution is 2.32. The largest absolute Gasteiger partial charge is 0.387 e. The maximum Gasteiger partial charge on any atom is 0.129 e. The Balaban J connectivity index is 1.46. The lowest BCUT2D eigenvalue weighted by Gasteiger charge is -2.34. The van der Waals surface area contributed by atoms with Crippen molar-refractivity contribution in [3.05, 3.63) is 34.5 Å². The van der Waals surface area contributed by atoms with E-state index in [0.29, 0.717) is 5.92 Å². The van der Waals surface area contributed by atoms with Crippen LogP contribution in [-0.4, -0.2) is 44.4 Å². The number of aromatic nitrogens is 3. The zero-order chi connectivity index (χ0) is 14.7. The Morgan fingerprint density at radius 2 is 2.19 bits per heavy atom. The molecule has 0 amide bonds. The molecule has 114 valence electrons. The second-order valence-corrected chi connectivity index (χ2v) is 6.69. The van der Waals surface area contributed by atoms with E-state index in [-0.39, 0.29) is 6.10 Å². The van der Waals surface area contributed by atoms with E-state index in [1.165, 1.54) is 0 Å². The van der Waals surface area contributed by atoms with E-state index in [2.05, 4.69) is 19.7 Å². The Labute approximate surface area is 129 Å². The van der Waals surface area contributed by atoms with Crippen LogP contribution in [0.15, 0.2) is 23.8 Å². The molecular formula is C15H22N4OS. The van der Waals surface area contributed by atoms with Gasteiger partial charge in [0.15, 0.2) is 0 Å². The number of rotatable bonds is 5. The van der Waals surface area contributed by atoms with Gasteiger partial charge in [-0.05, 0) is 50.2 Å². The van der Waals surface area contributed by atoms with Crippen LogP contribution in [-0.2, 0) is 6.54 Å². The molecule has 0 spiro atoms. The molecule has 2 aromatic heterocycles. The van der Waals surface area contributed by atoms with Crippen molar-refractivity contribution in [3.8, 4) is 0 Å². The standard InChI is InChI=1S/C15H22N4OS/c1-12-17-16-11-19(12)9-8-18-6-4-13(5-7-18)15(20)14-3-2-10-21-14/h2-3,10-11,13,15,20H,4-9H2,1H3. The third-order valence-electron chi connectivity index (χ3n) is 4.38. The van der Waals surface area contributed by atoms with Crippen LogP contribution in [0.5, 0.6) is 0 Å². The number of aliphatic hydroxyl groups excluding tert-OH is 1. The molecule has 3 heterocycles. The van der Waals surface area contributed by atoms with E-state index in [1.807, 2.05) is 24.4 Å². The molecule has 1 unspecified atom stereocenters. The van der Waals surface area contributed by atoms with Gasteiger partial charge >= 0.3 is 0 Å². The fourth-order valence-electron chi connectivity index (χ4n) is 2.97. The summed E-state index contributed by atoms with van der Waals surface area (Å²) in [5.74, 6) is 1.37. The van der Waals surface area contributed by atoms with Crippen molar-refractivity contribution in [2.45, 2.75) is 32.4 Å². The number of thiophene rings is 1. The Bertz CT molecular complexity index is 546. The van der Waals surface area contributed by atoms with Crippen molar-refractivity contribution >= 4 is 11.3 Å². The van der Waals surface area contributed by atoms with Crippen LogP contribution in [0, 0.1) is 12.8 Å². The molecule has 2 aromatic rings. The molecule has 1 saturated heterocycles. The zero-order valence-electron chi connectivity index (χ0n) is 12.4. The Morgan fingerprint density at radius 3 is 2.81 bits per heavy atom. The summed E-state index contributed by atoms with van der Waals surface area (Å²) in [6.07, 6.45) is 3.65. The van der Waals surface area contributed by atoms with Crippen LogP contribution in [0.3, 0.4) is 0 Å². The van der Waals surface area contributed by atoms with Gasteiger partial charge in [0, 0.05) is 18.0 Å². The highest BCUT2D eigenvalue weighted by Gasteiger charge is 2.26. The lowest BCUT2D eigenvalue weighted by Crippen LogP contribution is -2.37. The number of hydrogen-bond acceptors (Lipinski definition) is 5. The van der Waals surface area contributed by atoms with Crippen molar-refractivity contribution in [1.82, 2.24) is 19.7 Å². The first-order chi connectivity index (χ1) is 10.2. The molecule has 6 heteroatoms. The SMILES string of the molecule is Cc1nncn1CCN1CCC(C(O)c2cccs2)CC1. The summed E-state index contributed by atoms with van der Waals surface area (Å²) in [4.78, 5) is 3.57. The number of likely N-dealkylation sites (tertiary alicyclic amines) is 1. The van der Waals surface area contributed by atoms with Gasteiger partial charge in [-0.2, -0.15) is 0 Å². The van der Waals surface area contributed by atoms with E-state index >= 15 is 0 Å². The number of nitrogens with zero attached hydrogens (tertiary/aromatic N) is 4. The predicted octanol–water partition coefficient (Wildman–Crippen LogP) is 2.09. The average molecular weight is 306 g/mol. The fraction of sp³-hybridized carbons (Fsp3) is 0.600. The highest BCUT2D eigenvalue weighted by molar-refractivity contribution is 7.10. The molecule has 1 fully saturated rings. The molecule has 0 bridgehead atoms. The molecule has 0 aliphatic carbocycles. The van der Waals surface area contributed by atoms with Gasteiger partial charge in [0.25, 0.3) is 0 Å². The minimum Gasteiger partial charge on any atom is -0.387 e. The second kappa shape index (κ2) is 6.68. The fourth-order valence-corrected chi connectivity index (χ4v) is 3.77. The third kappa shape index (κ3) is 3.51. The average Bonchev–Trinajstić information content (AvgIpc) is 3.17. The summed E-state index contributed by atoms with van der Waals surface area (Å²) in [7, 11) is 0. The molecule has 1 aliphatic heterocycles.